The van der Waals surface area contributed by atoms with Crippen molar-refractivity contribution in [1.82, 2.24) is 5.32 Å². The minimum Gasteiger partial charge on any atom is -0.382 e. The molecule has 4 nitrogen and oxygen atoms in total. The Morgan fingerprint density at radius 1 is 0.704 bits per heavy atom. The van der Waals surface area contributed by atoms with Crippen LogP contribution in [0.4, 0.5) is 0 Å². The maximum absolute atomic E-state index is 5.51. The van der Waals surface area contributed by atoms with Gasteiger partial charge in [-0.05, 0) is 12.8 Å². The number of amidine groups is 1. The van der Waals surface area contributed by atoms with E-state index in [2.05, 4.69) is 24.3 Å². The molecule has 0 fully saturated rings. The zero-order valence-corrected chi connectivity index (χ0v) is 15.9. The van der Waals surface area contributed by atoms with Gasteiger partial charge in [0.1, 0.15) is 5.84 Å². The summed E-state index contributed by atoms with van der Waals surface area (Å²) in [5.74, 6) is 0.924. The first-order valence-electron chi connectivity index (χ1n) is 9.59. The van der Waals surface area contributed by atoms with Crippen LogP contribution in [0.15, 0.2) is 65.7 Å². The lowest BCUT2D eigenvalue weighted by molar-refractivity contribution is 0.0687. The lowest BCUT2D eigenvalue weighted by Gasteiger charge is -2.06. The number of rotatable bonds is 11. The molecule has 27 heavy (non-hydrogen) atoms. The highest BCUT2D eigenvalue weighted by molar-refractivity contribution is 6.07. The summed E-state index contributed by atoms with van der Waals surface area (Å²) in [6.45, 7) is 2.12. The van der Waals surface area contributed by atoms with Gasteiger partial charge in [-0.15, -0.1) is 0 Å². The van der Waals surface area contributed by atoms with Crippen molar-refractivity contribution in [2.45, 2.75) is 25.7 Å². The van der Waals surface area contributed by atoms with Gasteiger partial charge in [0.15, 0.2) is 0 Å². The third-order valence-corrected chi connectivity index (χ3v) is 4.42. The highest BCUT2D eigenvalue weighted by Gasteiger charge is 2.21. The van der Waals surface area contributed by atoms with Crippen molar-refractivity contribution in [1.29, 1.82) is 0 Å². The molecule has 0 saturated heterocycles. The van der Waals surface area contributed by atoms with Crippen LogP contribution >= 0.6 is 0 Å². The summed E-state index contributed by atoms with van der Waals surface area (Å²) in [5.41, 5.74) is 4.17. The van der Waals surface area contributed by atoms with E-state index in [1.54, 1.807) is 7.11 Å². The molecule has 2 aromatic rings. The van der Waals surface area contributed by atoms with E-state index in [0.717, 1.165) is 60.6 Å². The van der Waals surface area contributed by atoms with Gasteiger partial charge in [-0.1, -0.05) is 67.1 Å². The smallest absolute Gasteiger partial charge is 0.129 e. The van der Waals surface area contributed by atoms with E-state index in [0.29, 0.717) is 13.2 Å². The first-order chi connectivity index (χ1) is 13.4. The summed E-state index contributed by atoms with van der Waals surface area (Å²) in [7, 11) is 1.69. The molecule has 0 atom stereocenters. The Hall–Kier alpha value is -2.43. The maximum Gasteiger partial charge on any atom is 0.129 e. The Morgan fingerprint density at radius 2 is 1.37 bits per heavy atom. The van der Waals surface area contributed by atoms with Gasteiger partial charge < -0.3 is 9.47 Å². The van der Waals surface area contributed by atoms with Crippen LogP contribution in [0, 0.1) is 0 Å². The van der Waals surface area contributed by atoms with E-state index < -0.39 is 0 Å². The quantitative estimate of drug-likeness (QED) is 0.541. The molecule has 0 bridgehead atoms. The number of aliphatic imine (C=N–C) groups is 1. The number of methoxy groups -OCH3 is 1. The van der Waals surface area contributed by atoms with Crippen LogP contribution in [0.3, 0.4) is 0 Å². The fraction of sp³-hybridized carbons (Fsp3) is 0.348. The molecule has 141 valence electrons. The Morgan fingerprint density at radius 3 is 2.04 bits per heavy atom. The van der Waals surface area contributed by atoms with Crippen LogP contribution < -0.4 is 5.32 Å². The second kappa shape index (κ2) is 10.7. The lowest BCUT2D eigenvalue weighted by atomic mass is 10.1. The molecule has 0 spiro atoms. The summed E-state index contributed by atoms with van der Waals surface area (Å²) < 4.78 is 10.5. The number of hydrogen-bond donors (Lipinski definition) is 0. The lowest BCUT2D eigenvalue weighted by Crippen LogP contribution is -2.10. The fourth-order valence-electron chi connectivity index (χ4n) is 3.00. The van der Waals surface area contributed by atoms with Crippen LogP contribution in [-0.2, 0) is 9.47 Å². The third kappa shape index (κ3) is 5.78. The topological polar surface area (TPSA) is 44.9 Å². The van der Waals surface area contributed by atoms with Gasteiger partial charge in [-0.25, -0.2) is 10.3 Å². The van der Waals surface area contributed by atoms with E-state index in [9.17, 15) is 0 Å². The summed E-state index contributed by atoms with van der Waals surface area (Å²) >= 11 is 0. The van der Waals surface area contributed by atoms with Crippen molar-refractivity contribution in [2.75, 3.05) is 26.9 Å². The molecule has 0 aliphatic carbocycles. The van der Waals surface area contributed by atoms with E-state index in [4.69, 9.17) is 19.8 Å². The average Bonchev–Trinajstić information content (AvgIpc) is 3.15. The van der Waals surface area contributed by atoms with Crippen molar-refractivity contribution >= 4 is 17.2 Å². The Balaban J connectivity index is 1.56. The van der Waals surface area contributed by atoms with Crippen LogP contribution in [0.2, 0.25) is 0 Å². The molecule has 1 heterocycles. The van der Waals surface area contributed by atoms with Crippen LogP contribution in [0.5, 0.6) is 0 Å². The molecule has 0 unspecified atom stereocenters. The summed E-state index contributed by atoms with van der Waals surface area (Å²) in [5, 5.41) is 4.86. The Labute approximate surface area is 161 Å². The van der Waals surface area contributed by atoms with Gasteiger partial charge in [0.05, 0.1) is 24.6 Å². The molecule has 0 aromatic heterocycles. The molecule has 2 aromatic carbocycles. The number of nitrogens with zero attached hydrogens (tertiary/aromatic N) is 2. The Bertz CT molecular complexity index is 754. The number of ether oxygens (including phenoxy) is 2. The van der Waals surface area contributed by atoms with E-state index >= 15 is 0 Å². The third-order valence-electron chi connectivity index (χ3n) is 4.42. The summed E-state index contributed by atoms with van der Waals surface area (Å²) in [6, 6.07) is 20.6. The molecular weight excluding hydrogens is 336 g/mol. The van der Waals surface area contributed by atoms with E-state index in [1.807, 2.05) is 36.4 Å². The van der Waals surface area contributed by atoms with Crippen molar-refractivity contribution in [3.8, 4) is 0 Å². The highest BCUT2D eigenvalue weighted by atomic mass is 16.5. The molecule has 3 rings (SSSR count). The van der Waals surface area contributed by atoms with Crippen molar-refractivity contribution < 1.29 is 9.47 Å². The predicted molar refractivity (Wildman–Crippen MR) is 110 cm³/mol. The molecule has 1 radical (unpaired) electrons. The summed E-state index contributed by atoms with van der Waals surface area (Å²) in [4.78, 5) is 4.86. The monoisotopic (exact) mass is 363 g/mol. The summed E-state index contributed by atoms with van der Waals surface area (Å²) in [6.07, 6.45) is 4.13. The second-order valence-electron chi connectivity index (χ2n) is 6.48. The molecule has 0 N–H and O–H groups in total. The molecule has 0 amide bonds. The SMILES string of the molecule is COCCOCCCCCC1=NC(c2ccccc2)=C(c2ccccc2)[N]1. The number of unbranched alkanes of at least 4 members (excludes halogenated alkanes) is 2. The zero-order chi connectivity index (χ0) is 18.7. The van der Waals surface area contributed by atoms with Gasteiger partial charge in [0.2, 0.25) is 0 Å². The first-order valence-corrected chi connectivity index (χ1v) is 9.59. The number of hydrogen-bond acceptors (Lipinski definition) is 3. The highest BCUT2D eigenvalue weighted by Crippen LogP contribution is 2.31. The first kappa shape index (κ1) is 19.3. The minimum absolute atomic E-state index is 0.659. The van der Waals surface area contributed by atoms with Crippen LogP contribution in [0.25, 0.3) is 11.4 Å². The fourth-order valence-corrected chi connectivity index (χ4v) is 3.00. The van der Waals surface area contributed by atoms with Gasteiger partial charge >= 0.3 is 0 Å². The normalized spacial score (nSPS) is 13.6. The maximum atomic E-state index is 5.51. The predicted octanol–water partition coefficient (Wildman–Crippen LogP) is 4.75. The molecule has 1 aliphatic heterocycles. The van der Waals surface area contributed by atoms with Gasteiger partial charge in [0, 0.05) is 31.3 Å². The molecule has 0 saturated carbocycles. The van der Waals surface area contributed by atoms with Crippen LogP contribution in [0.1, 0.15) is 36.8 Å². The van der Waals surface area contributed by atoms with Gasteiger partial charge in [-0.2, -0.15) is 0 Å². The van der Waals surface area contributed by atoms with E-state index in [-0.39, 0.29) is 0 Å². The molecular formula is C23H27N2O2. The molecule has 1 aliphatic rings. The second-order valence-corrected chi connectivity index (χ2v) is 6.48. The van der Waals surface area contributed by atoms with Crippen molar-refractivity contribution in [3.05, 3.63) is 71.8 Å². The van der Waals surface area contributed by atoms with Gasteiger partial charge in [0.25, 0.3) is 0 Å². The largest absolute Gasteiger partial charge is 0.382 e. The minimum atomic E-state index is 0.659. The Kier molecular flexibility index (Phi) is 7.63. The van der Waals surface area contributed by atoms with Crippen molar-refractivity contribution in [3.63, 3.8) is 0 Å². The molecule has 4 heteroatoms. The standard InChI is InChI=1S/C23H27N2O2/c1-26-17-18-27-16-10-4-9-15-21-24-22(19-11-5-2-6-12-19)23(25-21)20-13-7-3-8-14-20/h2-3,5-8,11-14H,4,9-10,15-18H2,1H3. The zero-order valence-electron chi connectivity index (χ0n) is 15.9. The van der Waals surface area contributed by atoms with Crippen LogP contribution in [-0.4, -0.2) is 32.8 Å². The van der Waals surface area contributed by atoms with E-state index in [1.165, 1.54) is 0 Å². The number of benzene rings is 2. The van der Waals surface area contributed by atoms with Crippen molar-refractivity contribution in [2.24, 2.45) is 4.99 Å². The van der Waals surface area contributed by atoms with Gasteiger partial charge in [-0.3, -0.25) is 0 Å². The average molecular weight is 363 g/mol.